The van der Waals surface area contributed by atoms with Crippen LogP contribution in [0.1, 0.15) is 17.4 Å². The van der Waals surface area contributed by atoms with Crippen molar-refractivity contribution in [3.63, 3.8) is 0 Å². The number of anilines is 1. The van der Waals surface area contributed by atoms with Crippen LogP contribution in [0.15, 0.2) is 53.3 Å². The number of hydrogen-bond donors (Lipinski definition) is 1. The van der Waals surface area contributed by atoms with Crippen LogP contribution in [0.2, 0.25) is 0 Å². The summed E-state index contributed by atoms with van der Waals surface area (Å²) in [5.74, 6) is -1.71. The predicted octanol–water partition coefficient (Wildman–Crippen LogP) is 2.27. The molecule has 0 atom stereocenters. The molecule has 138 valence electrons. The summed E-state index contributed by atoms with van der Waals surface area (Å²) in [4.78, 5) is 37.9. The van der Waals surface area contributed by atoms with Crippen molar-refractivity contribution in [3.8, 4) is 0 Å². The Morgan fingerprint density at radius 2 is 1.78 bits per heavy atom. The van der Waals surface area contributed by atoms with Gasteiger partial charge in [0.05, 0.1) is 5.39 Å². The third-order valence-electron chi connectivity index (χ3n) is 3.97. The number of likely N-dealkylation sites (N-methyl/N-ethyl adjacent to an activating group) is 1. The predicted molar refractivity (Wildman–Crippen MR) is 97.1 cm³/mol. The normalized spacial score (nSPS) is 10.6. The van der Waals surface area contributed by atoms with Crippen LogP contribution in [0, 0.1) is 5.82 Å². The zero-order valence-electron chi connectivity index (χ0n) is 14.4. The average Bonchev–Trinajstić information content (AvgIpc) is 2.68. The maximum absolute atomic E-state index is 13.0. The molecule has 2 aromatic carbocycles. The molecule has 0 bridgehead atoms. The van der Waals surface area contributed by atoms with Crippen LogP contribution >= 0.6 is 0 Å². The van der Waals surface area contributed by atoms with Gasteiger partial charge in [-0.2, -0.15) is 5.10 Å². The molecule has 0 aliphatic carbocycles. The minimum atomic E-state index is -0.828. The first kappa shape index (κ1) is 18.2. The lowest BCUT2D eigenvalue weighted by Gasteiger charge is -2.20. The fourth-order valence-electron chi connectivity index (χ4n) is 2.67. The van der Waals surface area contributed by atoms with Gasteiger partial charge in [0.1, 0.15) is 5.82 Å². The van der Waals surface area contributed by atoms with Crippen molar-refractivity contribution >= 4 is 28.3 Å². The lowest BCUT2D eigenvalue weighted by Crippen LogP contribution is -2.34. The number of H-pyrrole nitrogens is 1. The Labute approximate surface area is 153 Å². The Morgan fingerprint density at radius 3 is 2.44 bits per heavy atom. The van der Waals surface area contributed by atoms with Gasteiger partial charge in [0, 0.05) is 17.6 Å². The van der Waals surface area contributed by atoms with E-state index in [1.54, 1.807) is 31.2 Å². The van der Waals surface area contributed by atoms with Crippen LogP contribution in [0.5, 0.6) is 0 Å². The number of esters is 1. The Bertz CT molecular complexity index is 1050. The highest BCUT2D eigenvalue weighted by Crippen LogP contribution is 2.16. The van der Waals surface area contributed by atoms with Gasteiger partial charge in [-0.25, -0.2) is 14.3 Å². The lowest BCUT2D eigenvalue weighted by molar-refractivity contribution is -0.121. The summed E-state index contributed by atoms with van der Waals surface area (Å²) in [6, 6.07) is 11.9. The number of halogens is 1. The number of aromatic nitrogens is 2. The number of ether oxygens (including phenoxy) is 1. The Balaban J connectivity index is 1.75. The molecule has 0 radical (unpaired) electrons. The summed E-state index contributed by atoms with van der Waals surface area (Å²) in [6.45, 7) is 1.56. The maximum atomic E-state index is 13.0. The number of aromatic amines is 1. The van der Waals surface area contributed by atoms with Gasteiger partial charge in [0.15, 0.2) is 12.3 Å². The molecule has 3 aromatic rings. The average molecular weight is 369 g/mol. The van der Waals surface area contributed by atoms with Gasteiger partial charge in [-0.15, -0.1) is 0 Å². The van der Waals surface area contributed by atoms with E-state index < -0.39 is 29.9 Å². The minimum absolute atomic E-state index is 0.0807. The third-order valence-corrected chi connectivity index (χ3v) is 3.97. The van der Waals surface area contributed by atoms with E-state index >= 15 is 0 Å². The van der Waals surface area contributed by atoms with Crippen LogP contribution in [0.25, 0.3) is 10.8 Å². The van der Waals surface area contributed by atoms with Gasteiger partial charge in [-0.1, -0.05) is 18.2 Å². The number of fused-ring (bicyclic) bond motifs is 1. The van der Waals surface area contributed by atoms with E-state index in [0.29, 0.717) is 23.0 Å². The van der Waals surface area contributed by atoms with Gasteiger partial charge in [0.2, 0.25) is 0 Å². The van der Waals surface area contributed by atoms with Gasteiger partial charge >= 0.3 is 5.97 Å². The number of hydrogen-bond acceptors (Lipinski definition) is 5. The number of nitrogens with one attached hydrogen (secondary N) is 1. The quantitative estimate of drug-likeness (QED) is 0.697. The molecule has 3 rings (SSSR count). The first-order chi connectivity index (χ1) is 13.0. The molecule has 0 saturated heterocycles. The molecule has 1 aromatic heterocycles. The van der Waals surface area contributed by atoms with Gasteiger partial charge in [0.25, 0.3) is 11.5 Å². The van der Waals surface area contributed by atoms with E-state index in [2.05, 4.69) is 10.2 Å². The number of benzene rings is 2. The molecule has 1 amide bonds. The molecule has 0 spiro atoms. The molecular weight excluding hydrogens is 353 g/mol. The Hall–Kier alpha value is -3.55. The second kappa shape index (κ2) is 7.77. The van der Waals surface area contributed by atoms with Gasteiger partial charge in [-0.3, -0.25) is 9.59 Å². The summed E-state index contributed by atoms with van der Waals surface area (Å²) in [6.07, 6.45) is 0. The largest absolute Gasteiger partial charge is 0.451 e. The number of nitrogens with zero attached hydrogens (tertiary/aromatic N) is 2. The molecule has 27 heavy (non-hydrogen) atoms. The fraction of sp³-hybridized carbons (Fsp3) is 0.158. The highest BCUT2D eigenvalue weighted by Gasteiger charge is 2.20. The van der Waals surface area contributed by atoms with E-state index in [-0.39, 0.29) is 5.69 Å². The highest BCUT2D eigenvalue weighted by atomic mass is 19.1. The van der Waals surface area contributed by atoms with E-state index in [0.717, 1.165) is 0 Å². The van der Waals surface area contributed by atoms with Crippen LogP contribution in [0.4, 0.5) is 10.1 Å². The highest BCUT2D eigenvalue weighted by molar-refractivity contribution is 6.03. The van der Waals surface area contributed by atoms with Gasteiger partial charge in [-0.05, 0) is 37.3 Å². The van der Waals surface area contributed by atoms with Crippen molar-refractivity contribution in [2.24, 2.45) is 0 Å². The maximum Gasteiger partial charge on any atom is 0.359 e. The summed E-state index contributed by atoms with van der Waals surface area (Å²) in [5, 5.41) is 6.61. The molecule has 0 saturated carbocycles. The summed E-state index contributed by atoms with van der Waals surface area (Å²) in [5.41, 5.74) is -0.0120. The van der Waals surface area contributed by atoms with Crippen molar-refractivity contribution in [2.45, 2.75) is 6.92 Å². The lowest BCUT2D eigenvalue weighted by atomic mass is 10.1. The zero-order chi connectivity index (χ0) is 19.4. The first-order valence-corrected chi connectivity index (χ1v) is 8.21. The second-order valence-electron chi connectivity index (χ2n) is 5.64. The smallest absolute Gasteiger partial charge is 0.359 e. The Kier molecular flexibility index (Phi) is 5.25. The topological polar surface area (TPSA) is 92.4 Å². The molecule has 1 heterocycles. The fourth-order valence-corrected chi connectivity index (χ4v) is 2.67. The minimum Gasteiger partial charge on any atom is -0.451 e. The molecule has 0 fully saturated rings. The number of carbonyl (C=O) groups is 2. The number of rotatable bonds is 5. The van der Waals surface area contributed by atoms with Crippen LogP contribution in [-0.2, 0) is 9.53 Å². The zero-order valence-corrected chi connectivity index (χ0v) is 14.4. The molecular formula is C19H16FN3O4. The van der Waals surface area contributed by atoms with Crippen LogP contribution in [0.3, 0.4) is 0 Å². The third kappa shape index (κ3) is 3.84. The van der Waals surface area contributed by atoms with Crippen LogP contribution < -0.4 is 10.5 Å². The van der Waals surface area contributed by atoms with Crippen molar-refractivity contribution < 1.29 is 18.7 Å². The second-order valence-corrected chi connectivity index (χ2v) is 5.64. The van der Waals surface area contributed by atoms with E-state index in [4.69, 9.17) is 4.74 Å². The number of carbonyl (C=O) groups excluding carboxylic acids is 2. The van der Waals surface area contributed by atoms with Crippen molar-refractivity contribution in [3.05, 3.63) is 70.4 Å². The molecule has 0 unspecified atom stereocenters. The molecule has 0 aliphatic rings. The number of amides is 1. The van der Waals surface area contributed by atoms with E-state index in [1.165, 1.54) is 29.2 Å². The first-order valence-electron chi connectivity index (χ1n) is 8.21. The molecule has 1 N–H and O–H groups in total. The molecule has 7 nitrogen and oxygen atoms in total. The van der Waals surface area contributed by atoms with E-state index in [9.17, 15) is 18.8 Å². The van der Waals surface area contributed by atoms with Crippen LogP contribution in [-0.4, -0.2) is 35.2 Å². The van der Waals surface area contributed by atoms with Gasteiger partial charge < -0.3 is 9.64 Å². The summed E-state index contributed by atoms with van der Waals surface area (Å²) in [7, 11) is 0. The van der Waals surface area contributed by atoms with E-state index in [1.807, 2.05) is 0 Å². The Morgan fingerprint density at radius 1 is 1.11 bits per heavy atom. The summed E-state index contributed by atoms with van der Waals surface area (Å²) >= 11 is 0. The van der Waals surface area contributed by atoms with Crippen molar-refractivity contribution in [1.82, 2.24) is 10.2 Å². The monoisotopic (exact) mass is 369 g/mol. The van der Waals surface area contributed by atoms with Crippen molar-refractivity contribution in [2.75, 3.05) is 18.1 Å². The SMILES string of the molecule is CCN(C(=O)COC(=O)c1n[nH]c(=O)c2ccccc12)c1ccc(F)cc1. The molecule has 0 aliphatic heterocycles. The standard InChI is InChI=1S/C19H16FN3O4/c1-2-23(13-9-7-12(20)8-10-13)16(24)11-27-19(26)17-14-5-3-4-6-15(14)18(25)22-21-17/h3-10H,2,11H2,1H3,(H,22,25). The summed E-state index contributed by atoms with van der Waals surface area (Å²) < 4.78 is 18.1. The molecule has 8 heteroatoms. The van der Waals surface area contributed by atoms with Crippen molar-refractivity contribution in [1.29, 1.82) is 0 Å².